The van der Waals surface area contributed by atoms with Gasteiger partial charge in [-0.1, -0.05) is 0 Å². The van der Waals surface area contributed by atoms with Gasteiger partial charge in [0, 0.05) is 0 Å². The van der Waals surface area contributed by atoms with E-state index in [1.54, 1.807) is 42.2 Å². The molecule has 0 unspecified atom stereocenters. The summed E-state index contributed by atoms with van der Waals surface area (Å²) >= 11 is 0. The normalized spacial score (nSPS) is 157. The molecule has 1 spiro atoms. The Labute approximate surface area is 67.7 Å². The topological polar surface area (TPSA) is 0 Å². The van der Waals surface area contributed by atoms with Crippen LogP contribution in [0.3, 0.4) is 0 Å². The fraction of sp³-hybridized carbons (Fsp3) is 1.00. The van der Waals surface area contributed by atoms with Gasteiger partial charge in [0.05, 0.1) is 0 Å². The molecular weight excluding hydrogens is 248 g/mol. The number of hydrogen-bond donors (Lipinski definition) is 0. The summed E-state index contributed by atoms with van der Waals surface area (Å²) in [5, 5.41) is 0. The molecule has 0 aromatic rings. The van der Waals surface area contributed by atoms with Gasteiger partial charge in [-0.2, -0.15) is 0 Å². The van der Waals surface area contributed by atoms with Crippen molar-refractivity contribution in [2.45, 2.75) is 42.2 Å². The molecule has 62 valence electrons. The molecule has 10 rings (SSSR count). The van der Waals surface area contributed by atoms with Crippen LogP contribution in [-0.2, 0) is 8.89 Å². The van der Waals surface area contributed by atoms with Gasteiger partial charge in [-0.25, -0.2) is 0 Å². The van der Waals surface area contributed by atoms with Gasteiger partial charge in [0.25, 0.3) is 0 Å². The van der Waals surface area contributed by atoms with Crippen molar-refractivity contribution in [3.05, 3.63) is 0 Å². The molecule has 0 bridgehead atoms. The van der Waals surface area contributed by atoms with Crippen LogP contribution in [0.5, 0.6) is 0 Å². The Balaban J connectivity index is 0.000000400. The minimum absolute atomic E-state index is 0. The zero-order chi connectivity index (χ0) is 6.09. The molecular formula is C10H11BrTi. The molecule has 0 saturated carbocycles. The van der Waals surface area contributed by atoms with Crippen LogP contribution in [0.4, 0.5) is 0 Å². The second-order valence-corrected chi connectivity index (χ2v) is 46.6. The van der Waals surface area contributed by atoms with Crippen molar-refractivity contribution in [2.24, 2.45) is 0 Å². The molecule has 0 aromatic carbocycles. The predicted octanol–water partition coefficient (Wildman–Crippen LogP) is 3.95. The molecule has 0 aliphatic carbocycles. The molecule has 0 aromatic heterocycles. The van der Waals surface area contributed by atoms with Gasteiger partial charge in [0.2, 0.25) is 0 Å². The quantitative estimate of drug-likeness (QED) is 0.577. The number of fused-ring (bicyclic) bond motifs is 10. The van der Waals surface area contributed by atoms with Gasteiger partial charge in [-0.05, 0) is 0 Å². The fourth-order valence-corrected chi connectivity index (χ4v) is 143. The number of hydrogen-bond acceptors (Lipinski definition) is 0. The third kappa shape index (κ3) is 0.0287. The molecule has 0 amide bonds. The standard InChI is InChI=1S/2C5H5.BrH.Ti/c2*1-2-4-5-3-1;;/h2*1-5H;1H;. The fourth-order valence-electron chi connectivity index (χ4n) is 23.2. The Morgan fingerprint density at radius 1 is 0.417 bits per heavy atom. The minimum atomic E-state index is -2.63. The van der Waals surface area contributed by atoms with E-state index in [2.05, 4.69) is 0 Å². The van der Waals surface area contributed by atoms with Crippen molar-refractivity contribution in [2.75, 3.05) is 0 Å². The van der Waals surface area contributed by atoms with Crippen LogP contribution < -0.4 is 0 Å². The Bertz CT molecular complexity index is 577. The molecule has 10 aliphatic heterocycles. The molecule has 0 N–H and O–H groups in total. The van der Waals surface area contributed by atoms with E-state index in [9.17, 15) is 0 Å². The van der Waals surface area contributed by atoms with Crippen LogP contribution >= 0.6 is 17.0 Å². The SMILES string of the molecule is Br.[CH]12[CH]3[CH]4[CH]5[CH]1[Ti]23451678[CH]2[CH]1[CH]6[CH]7[CH]28. The summed E-state index contributed by atoms with van der Waals surface area (Å²) in [7, 11) is -2.63. The first-order chi connectivity index (χ1) is 5.16. The second kappa shape index (κ2) is 0.263. The molecule has 12 heavy (non-hydrogen) atoms. The van der Waals surface area contributed by atoms with E-state index >= 15 is 0 Å². The van der Waals surface area contributed by atoms with Crippen LogP contribution in [0.15, 0.2) is 0 Å². The average molecular weight is 259 g/mol. The molecule has 10 fully saturated rings. The first-order valence-corrected chi connectivity index (χ1v) is 15.2. The van der Waals surface area contributed by atoms with E-state index in [0.717, 1.165) is 0 Å². The molecule has 0 atom stereocenters. The molecule has 0 radical (unpaired) electrons. The van der Waals surface area contributed by atoms with Crippen molar-refractivity contribution in [1.82, 2.24) is 0 Å². The van der Waals surface area contributed by atoms with Gasteiger partial charge in [0.1, 0.15) is 0 Å². The summed E-state index contributed by atoms with van der Waals surface area (Å²) in [6, 6.07) is 0. The predicted molar refractivity (Wildman–Crippen MR) is 47.8 cm³/mol. The number of halogens is 1. The van der Waals surface area contributed by atoms with Crippen molar-refractivity contribution in [3.8, 4) is 0 Å². The second-order valence-electron chi connectivity index (χ2n) is 12.8. The van der Waals surface area contributed by atoms with Crippen LogP contribution in [0, 0.1) is 0 Å². The van der Waals surface area contributed by atoms with E-state index in [1.165, 1.54) is 0 Å². The van der Waals surface area contributed by atoms with Gasteiger partial charge >= 0.3 is 51.1 Å². The third-order valence-corrected chi connectivity index (χ3v) is 79.4. The zero-order valence-corrected chi connectivity index (χ0v) is 9.96. The third-order valence-electron chi connectivity index (χ3n) is 20.1. The first kappa shape index (κ1) is 4.37. The zero-order valence-electron chi connectivity index (χ0n) is 6.68. The molecule has 0 nitrogen and oxygen atoms in total. The van der Waals surface area contributed by atoms with E-state index in [0.29, 0.717) is 0 Å². The summed E-state index contributed by atoms with van der Waals surface area (Å²) in [6.45, 7) is 0. The monoisotopic (exact) mass is 258 g/mol. The van der Waals surface area contributed by atoms with E-state index in [1.807, 2.05) is 0 Å². The van der Waals surface area contributed by atoms with E-state index in [4.69, 9.17) is 0 Å². The summed E-state index contributed by atoms with van der Waals surface area (Å²) in [6.07, 6.45) is 0. The molecule has 10 saturated heterocycles. The van der Waals surface area contributed by atoms with Crippen LogP contribution in [-0.4, -0.2) is 0 Å². The van der Waals surface area contributed by atoms with Crippen LogP contribution in [0.1, 0.15) is 0 Å². The Kier molecular flexibility index (Phi) is 0.0958. The molecule has 10 heterocycles. The number of rotatable bonds is 0. The summed E-state index contributed by atoms with van der Waals surface area (Å²) < 4.78 is 16.2. The van der Waals surface area contributed by atoms with Crippen LogP contribution in [0.25, 0.3) is 0 Å². The summed E-state index contributed by atoms with van der Waals surface area (Å²) in [4.78, 5) is 0. The van der Waals surface area contributed by atoms with Gasteiger partial charge < -0.3 is 0 Å². The van der Waals surface area contributed by atoms with E-state index in [-0.39, 0.29) is 17.0 Å². The summed E-state index contributed by atoms with van der Waals surface area (Å²) in [5.41, 5.74) is 0. The van der Waals surface area contributed by atoms with Crippen LogP contribution in [0.2, 0.25) is 42.2 Å². The molecule has 2 heteroatoms. The maximum atomic E-state index is 1.62. The molecule has 10 aliphatic rings. The van der Waals surface area contributed by atoms with Crippen molar-refractivity contribution in [3.63, 3.8) is 0 Å². The van der Waals surface area contributed by atoms with Gasteiger partial charge in [-0.3, -0.25) is 0 Å². The Morgan fingerprint density at radius 2 is 0.583 bits per heavy atom. The Morgan fingerprint density at radius 3 is 0.583 bits per heavy atom. The maximum absolute atomic E-state index is 2.63. The summed E-state index contributed by atoms with van der Waals surface area (Å²) in [5.74, 6) is 0. The Hall–Kier alpha value is 1.19. The van der Waals surface area contributed by atoms with Crippen molar-refractivity contribution < 1.29 is 8.89 Å². The average Bonchev–Trinajstić information content (AvgIpc) is 3.01. The van der Waals surface area contributed by atoms with Crippen molar-refractivity contribution >= 4 is 17.0 Å². The van der Waals surface area contributed by atoms with Gasteiger partial charge in [0.15, 0.2) is 0 Å². The van der Waals surface area contributed by atoms with E-state index < -0.39 is 8.89 Å². The van der Waals surface area contributed by atoms with Crippen molar-refractivity contribution in [1.29, 1.82) is 0 Å². The van der Waals surface area contributed by atoms with Gasteiger partial charge in [-0.15, -0.1) is 17.0 Å². The first-order valence-electron chi connectivity index (χ1n) is 6.22.